The minimum atomic E-state index is -3.61. The zero-order valence-corrected chi connectivity index (χ0v) is 16.0. The summed E-state index contributed by atoms with van der Waals surface area (Å²) in [5, 5.41) is 5.22. The molecule has 0 saturated heterocycles. The van der Waals surface area contributed by atoms with Gasteiger partial charge in [0.25, 0.3) is 5.91 Å². The highest BCUT2D eigenvalue weighted by molar-refractivity contribution is 7.89. The molecule has 8 heteroatoms. The Hall–Kier alpha value is -2.71. The minimum absolute atomic E-state index is 0.0772. The third kappa shape index (κ3) is 6.50. The van der Waals surface area contributed by atoms with Gasteiger partial charge in [0.2, 0.25) is 15.9 Å². The summed E-state index contributed by atoms with van der Waals surface area (Å²) in [6, 6.07) is 14.7. The van der Waals surface area contributed by atoms with Crippen LogP contribution < -0.4 is 15.4 Å². The second kappa shape index (κ2) is 9.29. The van der Waals surface area contributed by atoms with Crippen LogP contribution in [0.2, 0.25) is 0 Å². The van der Waals surface area contributed by atoms with Crippen LogP contribution in [0.5, 0.6) is 0 Å². The van der Waals surface area contributed by atoms with Gasteiger partial charge in [-0.15, -0.1) is 0 Å². The van der Waals surface area contributed by atoms with Crippen LogP contribution in [0.15, 0.2) is 59.5 Å². The molecule has 0 aliphatic heterocycles. The predicted molar refractivity (Wildman–Crippen MR) is 103 cm³/mol. The molecule has 27 heavy (non-hydrogen) atoms. The van der Waals surface area contributed by atoms with Crippen LogP contribution in [-0.2, 0) is 21.4 Å². The second-order valence-corrected chi connectivity index (χ2v) is 7.96. The zero-order valence-electron chi connectivity index (χ0n) is 15.2. The van der Waals surface area contributed by atoms with Gasteiger partial charge in [-0.05, 0) is 43.7 Å². The molecule has 0 aliphatic carbocycles. The van der Waals surface area contributed by atoms with E-state index in [1.54, 1.807) is 13.8 Å². The van der Waals surface area contributed by atoms with Crippen LogP contribution in [0.4, 0.5) is 0 Å². The molecule has 7 nitrogen and oxygen atoms in total. The topological polar surface area (TPSA) is 104 Å². The number of rotatable bonds is 8. The van der Waals surface area contributed by atoms with E-state index in [0.717, 1.165) is 5.56 Å². The van der Waals surface area contributed by atoms with E-state index in [-0.39, 0.29) is 29.0 Å². The lowest BCUT2D eigenvalue weighted by Crippen LogP contribution is -2.36. The molecule has 0 atom stereocenters. The van der Waals surface area contributed by atoms with Crippen molar-refractivity contribution in [2.75, 3.05) is 6.54 Å². The molecule has 0 fully saturated rings. The van der Waals surface area contributed by atoms with Crippen molar-refractivity contribution in [3.05, 3.63) is 65.7 Å². The van der Waals surface area contributed by atoms with Crippen molar-refractivity contribution in [3.8, 4) is 0 Å². The number of nitrogens with one attached hydrogen (secondary N) is 3. The van der Waals surface area contributed by atoms with Gasteiger partial charge < -0.3 is 10.6 Å². The molecule has 0 aromatic heterocycles. The number of sulfonamides is 1. The van der Waals surface area contributed by atoms with Gasteiger partial charge in [-0.1, -0.05) is 30.3 Å². The molecule has 0 unspecified atom stereocenters. The monoisotopic (exact) mass is 389 g/mol. The summed E-state index contributed by atoms with van der Waals surface area (Å²) in [7, 11) is -3.61. The highest BCUT2D eigenvalue weighted by Crippen LogP contribution is 2.11. The number of amides is 2. The van der Waals surface area contributed by atoms with Crippen LogP contribution in [0.1, 0.15) is 29.8 Å². The number of benzene rings is 2. The lowest BCUT2D eigenvalue weighted by Gasteiger charge is -2.10. The maximum absolute atomic E-state index is 12.1. The SMILES string of the molecule is CC(C)NS(=O)(=O)c1ccc(C(=O)NCC(=O)NCc2ccccc2)cc1. The fraction of sp³-hybridized carbons (Fsp3) is 0.263. The quantitative estimate of drug-likeness (QED) is 0.635. The highest BCUT2D eigenvalue weighted by atomic mass is 32.2. The van der Waals surface area contributed by atoms with Crippen molar-refractivity contribution >= 4 is 21.8 Å². The Morgan fingerprint density at radius 2 is 1.56 bits per heavy atom. The first-order chi connectivity index (χ1) is 12.8. The minimum Gasteiger partial charge on any atom is -0.350 e. The molecule has 144 valence electrons. The van der Waals surface area contributed by atoms with Crippen molar-refractivity contribution in [2.24, 2.45) is 0 Å². The first-order valence-corrected chi connectivity index (χ1v) is 9.97. The van der Waals surface area contributed by atoms with E-state index in [1.165, 1.54) is 24.3 Å². The normalized spacial score (nSPS) is 11.2. The first kappa shape index (κ1) is 20.6. The molecular weight excluding hydrogens is 366 g/mol. The van der Waals surface area contributed by atoms with Gasteiger partial charge in [0.05, 0.1) is 11.4 Å². The largest absolute Gasteiger partial charge is 0.350 e. The summed E-state index contributed by atoms with van der Waals surface area (Å²) in [6.45, 7) is 3.66. The van der Waals surface area contributed by atoms with Crippen LogP contribution in [0.3, 0.4) is 0 Å². The van der Waals surface area contributed by atoms with E-state index in [2.05, 4.69) is 15.4 Å². The Morgan fingerprint density at radius 1 is 0.926 bits per heavy atom. The molecule has 3 N–H and O–H groups in total. The molecule has 0 radical (unpaired) electrons. The summed E-state index contributed by atoms with van der Waals surface area (Å²) in [5.41, 5.74) is 1.23. The van der Waals surface area contributed by atoms with Crippen molar-refractivity contribution in [1.82, 2.24) is 15.4 Å². The summed E-state index contributed by atoms with van der Waals surface area (Å²) in [6.07, 6.45) is 0. The molecule has 0 spiro atoms. The van der Waals surface area contributed by atoms with E-state index < -0.39 is 15.9 Å². The third-order valence-electron chi connectivity index (χ3n) is 3.56. The Bertz CT molecular complexity index is 879. The summed E-state index contributed by atoms with van der Waals surface area (Å²) in [5.74, 6) is -0.766. The van der Waals surface area contributed by atoms with Crippen molar-refractivity contribution < 1.29 is 18.0 Å². The maximum Gasteiger partial charge on any atom is 0.251 e. The van der Waals surface area contributed by atoms with Gasteiger partial charge in [0.15, 0.2) is 0 Å². The van der Waals surface area contributed by atoms with Gasteiger partial charge in [0, 0.05) is 18.2 Å². The lowest BCUT2D eigenvalue weighted by molar-refractivity contribution is -0.120. The van der Waals surface area contributed by atoms with Crippen LogP contribution >= 0.6 is 0 Å². The van der Waals surface area contributed by atoms with E-state index in [1.807, 2.05) is 30.3 Å². The van der Waals surface area contributed by atoms with E-state index in [0.29, 0.717) is 6.54 Å². The smallest absolute Gasteiger partial charge is 0.251 e. The molecule has 0 aliphatic rings. The first-order valence-electron chi connectivity index (χ1n) is 8.49. The fourth-order valence-electron chi connectivity index (χ4n) is 2.29. The average Bonchev–Trinajstić information content (AvgIpc) is 2.64. The van der Waals surface area contributed by atoms with Gasteiger partial charge in [-0.25, -0.2) is 13.1 Å². The van der Waals surface area contributed by atoms with Gasteiger partial charge in [0.1, 0.15) is 0 Å². The number of hydrogen-bond donors (Lipinski definition) is 3. The Labute approximate surface area is 159 Å². The molecular formula is C19H23N3O4S. The number of hydrogen-bond acceptors (Lipinski definition) is 4. The van der Waals surface area contributed by atoms with Crippen LogP contribution in [0.25, 0.3) is 0 Å². The Balaban J connectivity index is 1.86. The second-order valence-electron chi connectivity index (χ2n) is 6.25. The molecule has 2 aromatic rings. The lowest BCUT2D eigenvalue weighted by atomic mass is 10.2. The highest BCUT2D eigenvalue weighted by Gasteiger charge is 2.16. The third-order valence-corrected chi connectivity index (χ3v) is 5.23. The average molecular weight is 389 g/mol. The van der Waals surface area contributed by atoms with Crippen LogP contribution in [-0.4, -0.2) is 32.8 Å². The van der Waals surface area contributed by atoms with E-state index >= 15 is 0 Å². The Kier molecular flexibility index (Phi) is 7.09. The summed E-state index contributed by atoms with van der Waals surface area (Å²) >= 11 is 0. The zero-order chi connectivity index (χ0) is 19.9. The fourth-order valence-corrected chi connectivity index (χ4v) is 3.54. The molecule has 2 rings (SSSR count). The summed E-state index contributed by atoms with van der Waals surface area (Å²) in [4.78, 5) is 24.0. The van der Waals surface area contributed by atoms with Gasteiger partial charge in [-0.2, -0.15) is 0 Å². The summed E-state index contributed by atoms with van der Waals surface area (Å²) < 4.78 is 26.6. The number of carbonyl (C=O) groups excluding carboxylic acids is 2. The molecule has 2 amide bonds. The van der Waals surface area contributed by atoms with Gasteiger partial charge >= 0.3 is 0 Å². The molecule has 2 aromatic carbocycles. The van der Waals surface area contributed by atoms with E-state index in [4.69, 9.17) is 0 Å². The van der Waals surface area contributed by atoms with Crippen molar-refractivity contribution in [3.63, 3.8) is 0 Å². The van der Waals surface area contributed by atoms with Crippen LogP contribution in [0, 0.1) is 0 Å². The number of carbonyl (C=O) groups is 2. The molecule has 0 bridgehead atoms. The standard InChI is InChI=1S/C19H23N3O4S/c1-14(2)22-27(25,26)17-10-8-16(9-11-17)19(24)21-13-18(23)20-12-15-6-4-3-5-7-15/h3-11,14,22H,12-13H2,1-2H3,(H,20,23)(H,21,24). The molecule has 0 heterocycles. The van der Waals surface area contributed by atoms with Crippen molar-refractivity contribution in [1.29, 1.82) is 0 Å². The van der Waals surface area contributed by atoms with Gasteiger partial charge in [-0.3, -0.25) is 9.59 Å². The van der Waals surface area contributed by atoms with Crippen molar-refractivity contribution in [2.45, 2.75) is 31.3 Å². The maximum atomic E-state index is 12.1. The Morgan fingerprint density at radius 3 is 2.15 bits per heavy atom. The molecule has 0 saturated carbocycles. The predicted octanol–water partition coefficient (Wildman–Crippen LogP) is 1.42. The van der Waals surface area contributed by atoms with E-state index in [9.17, 15) is 18.0 Å².